The summed E-state index contributed by atoms with van der Waals surface area (Å²) in [4.78, 5) is 17.4. The van der Waals surface area contributed by atoms with E-state index >= 15 is 0 Å². The summed E-state index contributed by atoms with van der Waals surface area (Å²) in [5.41, 5.74) is 5.42. The molecule has 0 radical (unpaired) electrons. The van der Waals surface area contributed by atoms with Gasteiger partial charge >= 0.3 is 0 Å². The Morgan fingerprint density at radius 1 is 0.909 bits per heavy atom. The van der Waals surface area contributed by atoms with Gasteiger partial charge in [0.05, 0.1) is 11.8 Å². The van der Waals surface area contributed by atoms with Crippen LogP contribution in [0, 0.1) is 0 Å². The number of hydrogen-bond acceptors (Lipinski definition) is 4. The van der Waals surface area contributed by atoms with Crippen molar-refractivity contribution in [1.29, 1.82) is 0 Å². The Morgan fingerprint density at radius 3 is 2.36 bits per heavy atom. The molecule has 0 saturated carbocycles. The summed E-state index contributed by atoms with van der Waals surface area (Å²) < 4.78 is 8.81. The normalized spacial score (nSPS) is 10.9. The molecule has 0 fully saturated rings. The molecule has 2 aliphatic rings. The molecule has 0 amide bonds. The van der Waals surface area contributed by atoms with Crippen molar-refractivity contribution < 1.29 is 9.21 Å². The van der Waals surface area contributed by atoms with E-state index in [-0.39, 0.29) is 0 Å². The van der Waals surface area contributed by atoms with Crippen LogP contribution in [0.4, 0.5) is 11.4 Å². The molecular weight excluding hydrogens is 410 g/mol. The standard InChI is InChI=1S/C28H30N3O2/c1-5-30(6-2)20-13-15-23-26(17-20)33-27-18-21(31(7-3)8-4)14-16-24(27)28(23)22-11-9-10-12-25(22)29-19-32/h9-18H,5-8H2,1-4H3/q+1. The highest BCUT2D eigenvalue weighted by molar-refractivity contribution is 6.05. The maximum atomic E-state index is 11.1. The average molecular weight is 441 g/mol. The van der Waals surface area contributed by atoms with Crippen LogP contribution >= 0.6 is 0 Å². The summed E-state index contributed by atoms with van der Waals surface area (Å²) in [6, 6.07) is 20.4. The molecule has 5 nitrogen and oxygen atoms in total. The molecule has 1 aliphatic heterocycles. The zero-order valence-electron chi connectivity index (χ0n) is 19.8. The Hall–Kier alpha value is -3.69. The van der Waals surface area contributed by atoms with Gasteiger partial charge in [-0.1, -0.05) is 18.2 Å². The van der Waals surface area contributed by atoms with Crippen molar-refractivity contribution in [3.8, 4) is 22.5 Å². The van der Waals surface area contributed by atoms with Crippen molar-refractivity contribution in [2.24, 2.45) is 4.99 Å². The van der Waals surface area contributed by atoms with E-state index in [1.165, 1.54) is 0 Å². The Balaban J connectivity index is 2.13. The zero-order valence-corrected chi connectivity index (χ0v) is 19.8. The summed E-state index contributed by atoms with van der Waals surface area (Å²) >= 11 is 0. The van der Waals surface area contributed by atoms with E-state index in [0.29, 0.717) is 5.69 Å². The van der Waals surface area contributed by atoms with Gasteiger partial charge in [-0.25, -0.2) is 9.37 Å². The highest BCUT2D eigenvalue weighted by atomic mass is 16.3. The van der Waals surface area contributed by atoms with Crippen LogP contribution in [-0.4, -0.2) is 32.3 Å². The first kappa shape index (κ1) is 22.5. The molecule has 168 valence electrons. The number of aliphatic imine (C=N–C) groups is 1. The van der Waals surface area contributed by atoms with Crippen molar-refractivity contribution in [2.45, 2.75) is 27.7 Å². The van der Waals surface area contributed by atoms with Crippen LogP contribution in [0.3, 0.4) is 0 Å². The van der Waals surface area contributed by atoms with Gasteiger partial charge in [-0.05, 0) is 52.0 Å². The predicted octanol–water partition coefficient (Wildman–Crippen LogP) is 5.83. The number of isocyanates is 1. The maximum absolute atomic E-state index is 11.1. The lowest BCUT2D eigenvalue weighted by Gasteiger charge is -2.22. The van der Waals surface area contributed by atoms with Crippen molar-refractivity contribution in [1.82, 2.24) is 4.58 Å². The van der Waals surface area contributed by atoms with E-state index in [1.807, 2.05) is 24.3 Å². The van der Waals surface area contributed by atoms with Crippen molar-refractivity contribution in [3.63, 3.8) is 0 Å². The molecule has 33 heavy (non-hydrogen) atoms. The molecular formula is C28H30N3O2+. The smallest absolute Gasteiger partial charge is 0.240 e. The van der Waals surface area contributed by atoms with Gasteiger partial charge in [0.15, 0.2) is 0 Å². The molecule has 0 N–H and O–H groups in total. The molecule has 0 unspecified atom stereocenters. The topological polar surface area (TPSA) is 48.8 Å². The van der Waals surface area contributed by atoms with Gasteiger partial charge in [-0.15, -0.1) is 0 Å². The molecule has 0 spiro atoms. The van der Waals surface area contributed by atoms with Crippen LogP contribution in [0.25, 0.3) is 33.4 Å². The van der Waals surface area contributed by atoms with Crippen LogP contribution in [0.1, 0.15) is 27.7 Å². The number of para-hydroxylation sites is 1. The average Bonchev–Trinajstić information content (AvgIpc) is 2.84. The van der Waals surface area contributed by atoms with Crippen LogP contribution in [-0.2, 0) is 4.79 Å². The summed E-state index contributed by atoms with van der Waals surface area (Å²) in [5, 5.41) is 2.11. The lowest BCUT2D eigenvalue weighted by Crippen LogP contribution is -2.29. The molecule has 1 heterocycles. The fraction of sp³-hybridized carbons (Fsp3) is 0.286. The van der Waals surface area contributed by atoms with Gasteiger partial charge in [0, 0.05) is 53.0 Å². The predicted molar refractivity (Wildman–Crippen MR) is 136 cm³/mol. The Bertz CT molecular complexity index is 1370. The van der Waals surface area contributed by atoms with Crippen LogP contribution in [0.15, 0.2) is 70.1 Å². The second-order valence-corrected chi connectivity index (χ2v) is 7.90. The highest BCUT2D eigenvalue weighted by Gasteiger charge is 2.21. The van der Waals surface area contributed by atoms with Gasteiger partial charge in [-0.2, -0.15) is 4.99 Å². The fourth-order valence-electron chi connectivity index (χ4n) is 4.56. The molecule has 0 aromatic heterocycles. The number of rotatable bonds is 7. The van der Waals surface area contributed by atoms with E-state index in [0.717, 1.165) is 70.6 Å². The molecule has 1 aliphatic carbocycles. The SMILES string of the molecule is CCN(CC)c1ccc2c(-c3ccccc3N=C=O)c3ccc(=[N+](CC)CC)cc-3oc2c1. The summed E-state index contributed by atoms with van der Waals surface area (Å²) in [7, 11) is 0. The molecule has 5 heteroatoms. The largest absolute Gasteiger partial charge is 0.456 e. The molecule has 2 aromatic carbocycles. The van der Waals surface area contributed by atoms with E-state index in [9.17, 15) is 4.79 Å². The summed E-state index contributed by atoms with van der Waals surface area (Å²) in [6.07, 6.45) is 1.71. The highest BCUT2D eigenvalue weighted by Crippen LogP contribution is 2.43. The summed E-state index contributed by atoms with van der Waals surface area (Å²) in [6.45, 7) is 12.3. The second-order valence-electron chi connectivity index (χ2n) is 7.90. The number of nitrogens with zero attached hydrogens (tertiary/aromatic N) is 3. The van der Waals surface area contributed by atoms with Gasteiger partial charge < -0.3 is 9.32 Å². The minimum absolute atomic E-state index is 0.599. The van der Waals surface area contributed by atoms with E-state index in [2.05, 4.69) is 78.6 Å². The third-order valence-corrected chi connectivity index (χ3v) is 6.29. The fourth-order valence-corrected chi connectivity index (χ4v) is 4.56. The Labute approximate surface area is 194 Å². The summed E-state index contributed by atoms with van der Waals surface area (Å²) in [5.74, 6) is 0.809. The Kier molecular flexibility index (Phi) is 6.71. The molecule has 0 bridgehead atoms. The van der Waals surface area contributed by atoms with Gasteiger partial charge in [0.2, 0.25) is 11.4 Å². The third kappa shape index (κ3) is 4.20. The van der Waals surface area contributed by atoms with Crippen LogP contribution < -0.4 is 14.8 Å². The van der Waals surface area contributed by atoms with Gasteiger partial charge in [0.1, 0.15) is 24.4 Å². The number of anilines is 1. The minimum Gasteiger partial charge on any atom is -0.456 e. The van der Waals surface area contributed by atoms with Crippen molar-refractivity contribution in [3.05, 3.63) is 66.0 Å². The lowest BCUT2D eigenvalue weighted by molar-refractivity contribution is 0.565. The number of fused-ring (bicyclic) bond motifs is 2. The van der Waals surface area contributed by atoms with Crippen molar-refractivity contribution >= 4 is 28.4 Å². The first-order valence-corrected chi connectivity index (χ1v) is 11.7. The first-order chi connectivity index (χ1) is 16.1. The second kappa shape index (κ2) is 9.85. The van der Waals surface area contributed by atoms with Crippen molar-refractivity contribution in [2.75, 3.05) is 31.1 Å². The van der Waals surface area contributed by atoms with Crippen LogP contribution in [0.2, 0.25) is 0 Å². The molecule has 2 aromatic rings. The molecule has 4 rings (SSSR count). The molecule has 0 atom stereocenters. The maximum Gasteiger partial charge on any atom is 0.240 e. The number of hydrogen-bond donors (Lipinski definition) is 0. The number of benzene rings is 3. The molecule has 0 saturated heterocycles. The lowest BCUT2D eigenvalue weighted by atomic mass is 9.92. The first-order valence-electron chi connectivity index (χ1n) is 11.7. The Morgan fingerprint density at radius 2 is 1.67 bits per heavy atom. The monoisotopic (exact) mass is 440 g/mol. The van der Waals surface area contributed by atoms with Gasteiger partial charge in [0.25, 0.3) is 0 Å². The number of carbonyl (C=O) groups excluding carboxylic acids is 1. The van der Waals surface area contributed by atoms with Crippen LogP contribution in [0.5, 0.6) is 0 Å². The van der Waals surface area contributed by atoms with Gasteiger partial charge in [-0.3, -0.25) is 0 Å². The zero-order chi connectivity index (χ0) is 23.4. The minimum atomic E-state index is 0.599. The van der Waals surface area contributed by atoms with E-state index < -0.39 is 0 Å². The van der Waals surface area contributed by atoms with E-state index in [4.69, 9.17) is 4.42 Å². The third-order valence-electron chi connectivity index (χ3n) is 6.29. The van der Waals surface area contributed by atoms with E-state index in [1.54, 1.807) is 6.08 Å². The quantitative estimate of drug-likeness (QED) is 0.157.